The molecule has 1 aliphatic heterocycles. The molecule has 0 saturated carbocycles. The Hall–Kier alpha value is -2.82. The van der Waals surface area contributed by atoms with Crippen molar-refractivity contribution in [3.05, 3.63) is 52.6 Å². The number of carbonyl (C=O) groups excluding carboxylic acids is 2. The van der Waals surface area contributed by atoms with Gasteiger partial charge >= 0.3 is 0 Å². The number of hydrogen-bond acceptors (Lipinski definition) is 5. The van der Waals surface area contributed by atoms with E-state index in [1.807, 2.05) is 30.3 Å². The molecule has 2 N–H and O–H groups in total. The van der Waals surface area contributed by atoms with Gasteiger partial charge in [0, 0.05) is 5.56 Å². The summed E-state index contributed by atoms with van der Waals surface area (Å²) in [4.78, 5) is 23.7. The quantitative estimate of drug-likeness (QED) is 0.833. The zero-order valence-electron chi connectivity index (χ0n) is 11.9. The van der Waals surface area contributed by atoms with Gasteiger partial charge in [0.2, 0.25) is 0 Å². The van der Waals surface area contributed by atoms with Crippen molar-refractivity contribution in [3.8, 4) is 17.2 Å². The highest BCUT2D eigenvalue weighted by Gasteiger charge is 2.34. The van der Waals surface area contributed by atoms with Gasteiger partial charge in [-0.3, -0.25) is 9.59 Å². The van der Waals surface area contributed by atoms with Crippen molar-refractivity contribution >= 4 is 12.1 Å². The van der Waals surface area contributed by atoms with Gasteiger partial charge in [-0.25, -0.2) is 0 Å². The Bertz CT molecular complexity index is 765. The molecule has 0 saturated heterocycles. The number of fused-ring (bicyclic) bond motifs is 1. The van der Waals surface area contributed by atoms with Crippen LogP contribution in [0.2, 0.25) is 0 Å². The van der Waals surface area contributed by atoms with E-state index in [-0.39, 0.29) is 46.1 Å². The number of phenolic OH excluding ortho intramolecular Hbond substituents is 2. The van der Waals surface area contributed by atoms with Gasteiger partial charge in [0.25, 0.3) is 0 Å². The molecule has 0 aliphatic carbocycles. The van der Waals surface area contributed by atoms with E-state index in [1.165, 1.54) is 6.92 Å². The summed E-state index contributed by atoms with van der Waals surface area (Å²) in [5, 5.41) is 20.1. The summed E-state index contributed by atoms with van der Waals surface area (Å²) in [6.07, 6.45) is -0.0599. The third-order valence-electron chi connectivity index (χ3n) is 3.87. The zero-order chi connectivity index (χ0) is 15.9. The van der Waals surface area contributed by atoms with Crippen LogP contribution < -0.4 is 4.74 Å². The van der Waals surface area contributed by atoms with E-state index in [2.05, 4.69) is 0 Å². The van der Waals surface area contributed by atoms with Crippen LogP contribution in [0.5, 0.6) is 17.2 Å². The zero-order valence-corrected chi connectivity index (χ0v) is 11.9. The normalized spacial score (nSPS) is 16.8. The highest BCUT2D eigenvalue weighted by atomic mass is 16.5. The molecule has 0 fully saturated rings. The van der Waals surface area contributed by atoms with Gasteiger partial charge in [-0.05, 0) is 12.5 Å². The maximum atomic E-state index is 12.4. The van der Waals surface area contributed by atoms with E-state index in [0.717, 1.165) is 5.56 Å². The van der Waals surface area contributed by atoms with Crippen LogP contribution in [0.3, 0.4) is 0 Å². The first-order valence-electron chi connectivity index (χ1n) is 6.83. The first-order valence-corrected chi connectivity index (χ1v) is 6.83. The lowest BCUT2D eigenvalue weighted by atomic mass is 9.91. The molecular formula is C17H14O5. The lowest BCUT2D eigenvalue weighted by molar-refractivity contribution is 0.0841. The van der Waals surface area contributed by atoms with Gasteiger partial charge < -0.3 is 14.9 Å². The van der Waals surface area contributed by atoms with Gasteiger partial charge in [0.1, 0.15) is 28.9 Å². The topological polar surface area (TPSA) is 83.8 Å². The molecule has 1 unspecified atom stereocenters. The van der Waals surface area contributed by atoms with Crippen LogP contribution >= 0.6 is 0 Å². The summed E-state index contributed by atoms with van der Waals surface area (Å²) in [6, 6.07) is 9.13. The second-order valence-corrected chi connectivity index (χ2v) is 5.20. The highest BCUT2D eigenvalue weighted by molar-refractivity contribution is 6.06. The minimum atomic E-state index is -0.554. The van der Waals surface area contributed by atoms with Crippen LogP contribution in [0.1, 0.15) is 44.4 Å². The highest BCUT2D eigenvalue weighted by Crippen LogP contribution is 2.46. The molecule has 5 nitrogen and oxygen atoms in total. The molecule has 1 atom stereocenters. The number of aromatic hydroxyl groups is 2. The minimum Gasteiger partial charge on any atom is -0.507 e. The van der Waals surface area contributed by atoms with Crippen molar-refractivity contribution in [2.75, 3.05) is 0 Å². The Morgan fingerprint density at radius 2 is 1.86 bits per heavy atom. The molecule has 0 amide bonds. The number of phenols is 2. The van der Waals surface area contributed by atoms with Crippen molar-refractivity contribution in [2.24, 2.45) is 0 Å². The summed E-state index contributed by atoms with van der Waals surface area (Å²) in [7, 11) is 0. The summed E-state index contributed by atoms with van der Waals surface area (Å²) in [5.74, 6) is -1.08. The fourth-order valence-electron chi connectivity index (χ4n) is 2.65. The Kier molecular flexibility index (Phi) is 3.33. The third-order valence-corrected chi connectivity index (χ3v) is 3.87. The molecule has 2 aromatic rings. The van der Waals surface area contributed by atoms with Gasteiger partial charge in [-0.2, -0.15) is 0 Å². The minimum absolute atomic E-state index is 0.0374. The van der Waals surface area contributed by atoms with Crippen LogP contribution in [-0.2, 0) is 0 Å². The number of ketones is 1. The lowest BCUT2D eigenvalue weighted by Crippen LogP contribution is -2.22. The van der Waals surface area contributed by atoms with Crippen LogP contribution in [0.15, 0.2) is 30.3 Å². The molecule has 0 spiro atoms. The van der Waals surface area contributed by atoms with Gasteiger partial charge in [-0.15, -0.1) is 0 Å². The van der Waals surface area contributed by atoms with E-state index in [1.54, 1.807) is 0 Å². The van der Waals surface area contributed by atoms with Crippen molar-refractivity contribution in [2.45, 2.75) is 19.4 Å². The van der Waals surface area contributed by atoms with Gasteiger partial charge in [-0.1, -0.05) is 30.3 Å². The van der Waals surface area contributed by atoms with E-state index in [4.69, 9.17) is 4.74 Å². The van der Waals surface area contributed by atoms with Crippen LogP contribution in [-0.4, -0.2) is 22.3 Å². The second-order valence-electron chi connectivity index (χ2n) is 5.20. The monoisotopic (exact) mass is 298 g/mol. The first kappa shape index (κ1) is 14.1. The molecule has 0 radical (unpaired) electrons. The summed E-state index contributed by atoms with van der Waals surface area (Å²) >= 11 is 0. The molecule has 1 aliphatic rings. The summed E-state index contributed by atoms with van der Waals surface area (Å²) in [6.45, 7) is 1.44. The summed E-state index contributed by atoms with van der Waals surface area (Å²) < 4.78 is 5.76. The Morgan fingerprint density at radius 3 is 2.50 bits per heavy atom. The van der Waals surface area contributed by atoms with E-state index < -0.39 is 6.10 Å². The standard InChI is InChI=1S/C17H14O5/c1-9-15(20)11(8-18)17-14(16(9)21)12(19)7-13(22-17)10-5-3-2-4-6-10/h2-6,8,13,20-21H,7H2,1H3. The Balaban J connectivity index is 2.17. The number of ether oxygens (including phenoxy) is 1. The molecule has 3 rings (SSSR count). The predicted octanol–water partition coefficient (Wildman–Crippen LogP) is 2.93. The number of carbonyl (C=O) groups is 2. The molecule has 0 aromatic heterocycles. The molecule has 0 bridgehead atoms. The van der Waals surface area contributed by atoms with E-state index in [9.17, 15) is 19.8 Å². The first-order chi connectivity index (χ1) is 10.5. The molecular weight excluding hydrogens is 284 g/mol. The number of hydrogen-bond donors (Lipinski definition) is 2. The Morgan fingerprint density at radius 1 is 1.18 bits per heavy atom. The molecule has 1 heterocycles. The van der Waals surface area contributed by atoms with E-state index >= 15 is 0 Å². The van der Waals surface area contributed by atoms with Gasteiger partial charge in [0.15, 0.2) is 12.1 Å². The molecule has 2 aromatic carbocycles. The molecule has 5 heteroatoms. The SMILES string of the molecule is Cc1c(O)c(C=O)c2c(c1O)C(=O)CC(c1ccccc1)O2. The van der Waals surface area contributed by atoms with Crippen LogP contribution in [0.25, 0.3) is 0 Å². The second kappa shape index (κ2) is 5.18. The van der Waals surface area contributed by atoms with Crippen LogP contribution in [0.4, 0.5) is 0 Å². The average Bonchev–Trinajstić information content (AvgIpc) is 2.53. The smallest absolute Gasteiger partial charge is 0.174 e. The number of benzene rings is 2. The summed E-state index contributed by atoms with van der Waals surface area (Å²) in [5.41, 5.74) is 0.734. The van der Waals surface area contributed by atoms with Crippen molar-refractivity contribution in [1.82, 2.24) is 0 Å². The van der Waals surface area contributed by atoms with Gasteiger partial charge in [0.05, 0.1) is 12.0 Å². The fourth-order valence-corrected chi connectivity index (χ4v) is 2.65. The van der Waals surface area contributed by atoms with Crippen molar-refractivity contribution in [3.63, 3.8) is 0 Å². The molecule has 22 heavy (non-hydrogen) atoms. The van der Waals surface area contributed by atoms with Crippen LogP contribution in [0, 0.1) is 6.92 Å². The molecule has 112 valence electrons. The third kappa shape index (κ3) is 2.02. The van der Waals surface area contributed by atoms with Crippen molar-refractivity contribution < 1.29 is 24.5 Å². The number of Topliss-reactive ketones (excluding diaryl/α,β-unsaturated/α-hetero) is 1. The lowest BCUT2D eigenvalue weighted by Gasteiger charge is -2.28. The maximum Gasteiger partial charge on any atom is 0.174 e. The van der Waals surface area contributed by atoms with E-state index in [0.29, 0.717) is 6.29 Å². The number of rotatable bonds is 2. The number of aldehydes is 1. The Labute approximate surface area is 126 Å². The maximum absolute atomic E-state index is 12.4. The average molecular weight is 298 g/mol. The predicted molar refractivity (Wildman–Crippen MR) is 78.7 cm³/mol. The largest absolute Gasteiger partial charge is 0.507 e. The van der Waals surface area contributed by atoms with Crippen molar-refractivity contribution in [1.29, 1.82) is 0 Å². The fraction of sp³-hybridized carbons (Fsp3) is 0.176.